The Balaban J connectivity index is 1.87. The summed E-state index contributed by atoms with van der Waals surface area (Å²) in [7, 11) is 4.49. The maximum atomic E-state index is 12.9. The number of H-pyrrole nitrogens is 1. The average molecular weight is 375 g/mol. The van der Waals surface area contributed by atoms with E-state index in [-0.39, 0.29) is 25.3 Å². The lowest BCUT2D eigenvalue weighted by molar-refractivity contribution is -0.151. The van der Waals surface area contributed by atoms with Gasteiger partial charge in [-0.25, -0.2) is 9.78 Å². The first-order valence-corrected chi connectivity index (χ1v) is 8.30. The summed E-state index contributed by atoms with van der Waals surface area (Å²) < 4.78 is 15.9. The number of carbonyl (C=O) groups excluding carboxylic acids is 1. The van der Waals surface area contributed by atoms with Gasteiger partial charge in [-0.15, -0.1) is 0 Å². The van der Waals surface area contributed by atoms with Gasteiger partial charge in [0.15, 0.2) is 11.5 Å². The zero-order valence-corrected chi connectivity index (χ0v) is 15.3. The smallest absolute Gasteiger partial charge is 0.326 e. The summed E-state index contributed by atoms with van der Waals surface area (Å²) >= 11 is 0. The third-order valence-corrected chi connectivity index (χ3v) is 4.58. The molecule has 1 aliphatic heterocycles. The number of aromatic nitrogens is 2. The minimum atomic E-state index is -1.05. The standard InChI is InChI=1S/C18H21N3O6/c1-25-14-4-10(5-15(26-2)17(14)27-3)6-16(22)21-8-12-11(19-9-20-12)7-13(21)18(23)24/h4-5,9,13H,6-8H2,1-3H3,(H,19,20)(H,23,24). The lowest BCUT2D eigenvalue weighted by Gasteiger charge is -2.32. The minimum absolute atomic E-state index is 0.00393. The summed E-state index contributed by atoms with van der Waals surface area (Å²) in [5, 5.41) is 9.53. The number of nitrogens with zero attached hydrogens (tertiary/aromatic N) is 2. The molecule has 144 valence electrons. The van der Waals surface area contributed by atoms with Crippen molar-refractivity contribution in [3.63, 3.8) is 0 Å². The maximum absolute atomic E-state index is 12.9. The number of aromatic amines is 1. The van der Waals surface area contributed by atoms with Crippen LogP contribution in [0.2, 0.25) is 0 Å². The van der Waals surface area contributed by atoms with Crippen LogP contribution in [0.3, 0.4) is 0 Å². The van der Waals surface area contributed by atoms with E-state index in [1.807, 2.05) is 0 Å². The monoisotopic (exact) mass is 375 g/mol. The minimum Gasteiger partial charge on any atom is -0.493 e. The van der Waals surface area contributed by atoms with Crippen LogP contribution in [0.15, 0.2) is 18.5 Å². The van der Waals surface area contributed by atoms with Crippen LogP contribution in [-0.4, -0.2) is 59.2 Å². The zero-order valence-electron chi connectivity index (χ0n) is 15.3. The maximum Gasteiger partial charge on any atom is 0.326 e. The normalized spacial score (nSPS) is 15.8. The van der Waals surface area contributed by atoms with Crippen LogP contribution in [-0.2, 0) is 29.0 Å². The second-order valence-corrected chi connectivity index (χ2v) is 6.12. The third-order valence-electron chi connectivity index (χ3n) is 4.58. The highest BCUT2D eigenvalue weighted by atomic mass is 16.5. The zero-order chi connectivity index (χ0) is 19.6. The summed E-state index contributed by atoms with van der Waals surface area (Å²) in [5.41, 5.74) is 2.07. The van der Waals surface area contributed by atoms with Crippen molar-refractivity contribution in [3.05, 3.63) is 35.4 Å². The molecular weight excluding hydrogens is 354 g/mol. The quantitative estimate of drug-likeness (QED) is 0.775. The van der Waals surface area contributed by atoms with Crippen molar-refractivity contribution in [2.24, 2.45) is 0 Å². The number of hydrogen-bond donors (Lipinski definition) is 2. The molecule has 0 aliphatic carbocycles. The Morgan fingerprint density at radius 3 is 2.44 bits per heavy atom. The van der Waals surface area contributed by atoms with Crippen LogP contribution >= 0.6 is 0 Å². The number of rotatable bonds is 6. The number of benzene rings is 1. The Morgan fingerprint density at radius 1 is 1.22 bits per heavy atom. The van der Waals surface area contributed by atoms with Gasteiger partial charge in [-0.05, 0) is 17.7 Å². The number of amides is 1. The van der Waals surface area contributed by atoms with Crippen molar-refractivity contribution in [2.75, 3.05) is 21.3 Å². The molecule has 27 heavy (non-hydrogen) atoms. The van der Waals surface area contributed by atoms with E-state index in [0.717, 1.165) is 5.69 Å². The van der Waals surface area contributed by atoms with Gasteiger partial charge in [-0.3, -0.25) is 4.79 Å². The Labute approximate surface area is 155 Å². The fourth-order valence-electron chi connectivity index (χ4n) is 3.23. The summed E-state index contributed by atoms with van der Waals surface area (Å²) in [6.07, 6.45) is 1.69. The van der Waals surface area contributed by atoms with Crippen LogP contribution < -0.4 is 14.2 Å². The molecule has 1 aromatic heterocycles. The van der Waals surface area contributed by atoms with Crippen LogP contribution in [0, 0.1) is 0 Å². The Hall–Kier alpha value is -3.23. The van der Waals surface area contributed by atoms with E-state index >= 15 is 0 Å². The number of imidazole rings is 1. The molecule has 0 fully saturated rings. The number of carboxylic acid groups (broad SMARTS) is 1. The van der Waals surface area contributed by atoms with Crippen LogP contribution in [0.5, 0.6) is 17.2 Å². The van der Waals surface area contributed by atoms with Gasteiger partial charge in [-0.1, -0.05) is 0 Å². The predicted molar refractivity (Wildman–Crippen MR) is 94.1 cm³/mol. The van der Waals surface area contributed by atoms with Gasteiger partial charge in [0.05, 0.1) is 52.0 Å². The van der Waals surface area contributed by atoms with Gasteiger partial charge >= 0.3 is 5.97 Å². The summed E-state index contributed by atoms with van der Waals surface area (Å²) in [5.74, 6) is -0.0635. The number of ether oxygens (including phenoxy) is 3. The SMILES string of the molecule is COc1cc(CC(=O)N2Cc3[nH]cnc3CC2C(=O)O)cc(OC)c1OC. The highest BCUT2D eigenvalue weighted by Gasteiger charge is 2.35. The second-order valence-electron chi connectivity index (χ2n) is 6.12. The van der Waals surface area contributed by atoms with Gasteiger partial charge in [0.25, 0.3) is 0 Å². The lowest BCUT2D eigenvalue weighted by Crippen LogP contribution is -2.49. The summed E-state index contributed by atoms with van der Waals surface area (Å²) in [6.45, 7) is 0.176. The van der Waals surface area contributed by atoms with E-state index in [2.05, 4.69) is 9.97 Å². The van der Waals surface area contributed by atoms with Crippen molar-refractivity contribution >= 4 is 11.9 Å². The number of hydrogen-bond acceptors (Lipinski definition) is 6. The fourth-order valence-corrected chi connectivity index (χ4v) is 3.23. The fraction of sp³-hybridized carbons (Fsp3) is 0.389. The Bertz CT molecular complexity index is 838. The first-order chi connectivity index (χ1) is 13.0. The molecule has 1 unspecified atom stereocenters. The highest BCUT2D eigenvalue weighted by Crippen LogP contribution is 2.38. The molecule has 9 nitrogen and oxygen atoms in total. The molecule has 0 spiro atoms. The molecule has 2 aromatic rings. The van der Waals surface area contributed by atoms with Crippen LogP contribution in [0.1, 0.15) is 17.0 Å². The predicted octanol–water partition coefficient (Wildman–Crippen LogP) is 1.02. The van der Waals surface area contributed by atoms with E-state index in [1.165, 1.54) is 32.6 Å². The first-order valence-electron chi connectivity index (χ1n) is 8.30. The third kappa shape index (κ3) is 3.53. The number of methoxy groups -OCH3 is 3. The van der Waals surface area contributed by atoms with Gasteiger partial charge < -0.3 is 29.2 Å². The molecule has 9 heteroatoms. The van der Waals surface area contributed by atoms with Crippen molar-refractivity contribution in [1.29, 1.82) is 0 Å². The van der Waals surface area contributed by atoms with Crippen molar-refractivity contribution in [2.45, 2.75) is 25.4 Å². The molecule has 2 N–H and O–H groups in total. The van der Waals surface area contributed by atoms with Crippen molar-refractivity contribution in [1.82, 2.24) is 14.9 Å². The van der Waals surface area contributed by atoms with Crippen LogP contribution in [0.25, 0.3) is 0 Å². The highest BCUT2D eigenvalue weighted by molar-refractivity contribution is 5.86. The average Bonchev–Trinajstić information content (AvgIpc) is 3.13. The molecule has 3 rings (SSSR count). The number of nitrogens with one attached hydrogen (secondary N) is 1. The molecule has 1 atom stereocenters. The number of fused-ring (bicyclic) bond motifs is 1. The van der Waals surface area contributed by atoms with E-state index in [0.29, 0.717) is 28.5 Å². The van der Waals surface area contributed by atoms with Crippen LogP contribution in [0.4, 0.5) is 0 Å². The van der Waals surface area contributed by atoms with Gasteiger partial charge in [0.2, 0.25) is 11.7 Å². The number of carbonyl (C=O) groups is 2. The lowest BCUT2D eigenvalue weighted by atomic mass is 10.0. The molecular formula is C18H21N3O6. The van der Waals surface area contributed by atoms with E-state index in [4.69, 9.17) is 14.2 Å². The topological polar surface area (TPSA) is 114 Å². The molecule has 1 aromatic carbocycles. The molecule has 0 saturated heterocycles. The van der Waals surface area contributed by atoms with E-state index in [1.54, 1.807) is 12.1 Å². The Kier molecular flexibility index (Phi) is 5.20. The molecule has 0 saturated carbocycles. The largest absolute Gasteiger partial charge is 0.493 e. The number of aliphatic carboxylic acids is 1. The van der Waals surface area contributed by atoms with E-state index < -0.39 is 12.0 Å². The molecule has 2 heterocycles. The number of carboxylic acids is 1. The first kappa shape index (κ1) is 18.6. The van der Waals surface area contributed by atoms with Crippen molar-refractivity contribution in [3.8, 4) is 17.2 Å². The van der Waals surface area contributed by atoms with Gasteiger partial charge in [0.1, 0.15) is 6.04 Å². The summed E-state index contributed by atoms with van der Waals surface area (Å²) in [4.78, 5) is 33.0. The molecule has 1 aliphatic rings. The molecule has 0 bridgehead atoms. The molecule has 0 radical (unpaired) electrons. The Morgan fingerprint density at radius 2 is 1.89 bits per heavy atom. The molecule has 1 amide bonds. The van der Waals surface area contributed by atoms with Gasteiger partial charge in [-0.2, -0.15) is 0 Å². The van der Waals surface area contributed by atoms with Gasteiger partial charge in [0, 0.05) is 6.42 Å². The van der Waals surface area contributed by atoms with Crippen molar-refractivity contribution < 1.29 is 28.9 Å². The second kappa shape index (κ2) is 7.56. The summed E-state index contributed by atoms with van der Waals surface area (Å²) in [6, 6.07) is 2.41. The van der Waals surface area contributed by atoms with E-state index in [9.17, 15) is 14.7 Å².